The Morgan fingerprint density at radius 3 is 2.77 bits per heavy atom. The highest BCUT2D eigenvalue weighted by molar-refractivity contribution is 5.66. The van der Waals surface area contributed by atoms with Gasteiger partial charge in [-0.05, 0) is 13.0 Å². The van der Waals surface area contributed by atoms with Crippen LogP contribution >= 0.6 is 0 Å². The van der Waals surface area contributed by atoms with E-state index in [0.29, 0.717) is 19.5 Å². The number of aliphatic carboxylic acids is 1. The first kappa shape index (κ1) is 11.6. The van der Waals surface area contributed by atoms with Crippen molar-refractivity contribution in [2.45, 2.75) is 12.8 Å². The number of nitrogens with one attached hydrogen (secondary N) is 1. The zero-order chi connectivity index (χ0) is 10.1. The van der Waals surface area contributed by atoms with Crippen molar-refractivity contribution in [1.29, 1.82) is 0 Å². The quantitative estimate of drug-likeness (QED) is 0.309. The standard InChI is InChI=1S/C6H12N2O5/c9-6(10)2-4-7-3-1-5-13-8(11)12/h7H,1-5H2,(H,9,10). The molecule has 0 spiro atoms. The lowest BCUT2D eigenvalue weighted by Gasteiger charge is -2.01. The van der Waals surface area contributed by atoms with Gasteiger partial charge in [0.25, 0.3) is 5.09 Å². The molecule has 0 aliphatic carbocycles. The van der Waals surface area contributed by atoms with Crippen LogP contribution in [0.3, 0.4) is 0 Å². The lowest BCUT2D eigenvalue weighted by atomic mass is 10.4. The first-order valence-electron chi connectivity index (χ1n) is 3.82. The van der Waals surface area contributed by atoms with Crippen LogP contribution in [0.15, 0.2) is 0 Å². The van der Waals surface area contributed by atoms with E-state index in [1.54, 1.807) is 0 Å². The molecule has 0 saturated carbocycles. The molecule has 7 heteroatoms. The van der Waals surface area contributed by atoms with Gasteiger partial charge in [-0.15, -0.1) is 10.1 Å². The summed E-state index contributed by atoms with van der Waals surface area (Å²) in [7, 11) is 0. The van der Waals surface area contributed by atoms with Gasteiger partial charge in [0.15, 0.2) is 0 Å². The van der Waals surface area contributed by atoms with Crippen LogP contribution in [0.1, 0.15) is 12.8 Å². The molecule has 0 radical (unpaired) electrons. The molecule has 0 saturated heterocycles. The topological polar surface area (TPSA) is 102 Å². The first-order valence-corrected chi connectivity index (χ1v) is 3.82. The number of hydrogen-bond donors (Lipinski definition) is 2. The highest BCUT2D eigenvalue weighted by atomic mass is 16.9. The van der Waals surface area contributed by atoms with Crippen LogP contribution in [-0.4, -0.2) is 35.9 Å². The van der Waals surface area contributed by atoms with Crippen LogP contribution in [-0.2, 0) is 9.63 Å². The molecule has 7 nitrogen and oxygen atoms in total. The van der Waals surface area contributed by atoms with Gasteiger partial charge in [0.1, 0.15) is 0 Å². The number of rotatable bonds is 8. The van der Waals surface area contributed by atoms with Gasteiger partial charge >= 0.3 is 5.97 Å². The minimum absolute atomic E-state index is 0.0348. The Bertz CT molecular complexity index is 154. The molecule has 76 valence electrons. The van der Waals surface area contributed by atoms with Crippen molar-refractivity contribution in [3.8, 4) is 0 Å². The fourth-order valence-corrected chi connectivity index (χ4v) is 0.657. The third-order valence-electron chi connectivity index (χ3n) is 1.21. The van der Waals surface area contributed by atoms with E-state index < -0.39 is 11.1 Å². The molecule has 0 atom stereocenters. The van der Waals surface area contributed by atoms with Gasteiger partial charge in [0.05, 0.1) is 13.0 Å². The van der Waals surface area contributed by atoms with Gasteiger partial charge in [0, 0.05) is 6.54 Å². The molecular weight excluding hydrogens is 180 g/mol. The first-order chi connectivity index (χ1) is 6.13. The van der Waals surface area contributed by atoms with Crippen molar-refractivity contribution >= 4 is 5.97 Å². The van der Waals surface area contributed by atoms with Gasteiger partial charge in [-0.1, -0.05) is 0 Å². The Labute approximate surface area is 74.8 Å². The average Bonchev–Trinajstić information content (AvgIpc) is 2.01. The van der Waals surface area contributed by atoms with E-state index in [1.807, 2.05) is 0 Å². The summed E-state index contributed by atoms with van der Waals surface area (Å²) in [6.07, 6.45) is 0.538. The maximum Gasteiger partial charge on any atom is 0.304 e. The molecule has 13 heavy (non-hydrogen) atoms. The number of hydrogen-bond acceptors (Lipinski definition) is 5. The van der Waals surface area contributed by atoms with E-state index in [4.69, 9.17) is 5.11 Å². The van der Waals surface area contributed by atoms with Gasteiger partial charge < -0.3 is 15.3 Å². The maximum absolute atomic E-state index is 10.0. The molecule has 2 N–H and O–H groups in total. The fraction of sp³-hybridized carbons (Fsp3) is 0.833. The molecule has 0 bridgehead atoms. The van der Waals surface area contributed by atoms with Crippen LogP contribution in [0, 0.1) is 10.1 Å². The third-order valence-corrected chi connectivity index (χ3v) is 1.21. The molecule has 0 rings (SSSR count). The summed E-state index contributed by atoms with van der Waals surface area (Å²) in [6, 6.07) is 0. The lowest BCUT2D eigenvalue weighted by molar-refractivity contribution is -0.757. The number of nitrogens with zero attached hydrogens (tertiary/aromatic N) is 1. The van der Waals surface area contributed by atoms with E-state index in [1.165, 1.54) is 0 Å². The summed E-state index contributed by atoms with van der Waals surface area (Å²) in [5.74, 6) is -0.867. The Morgan fingerprint density at radius 2 is 2.23 bits per heavy atom. The molecule has 0 aliphatic heterocycles. The Balaban J connectivity index is 3.00. The second-order valence-electron chi connectivity index (χ2n) is 2.30. The van der Waals surface area contributed by atoms with Gasteiger partial charge in [0.2, 0.25) is 0 Å². The largest absolute Gasteiger partial charge is 0.481 e. The molecule has 0 fully saturated rings. The van der Waals surface area contributed by atoms with E-state index in [9.17, 15) is 14.9 Å². The molecule has 0 unspecified atom stereocenters. The molecular formula is C6H12N2O5. The van der Waals surface area contributed by atoms with Gasteiger partial charge in [-0.2, -0.15) is 0 Å². The zero-order valence-corrected chi connectivity index (χ0v) is 7.06. The number of carbonyl (C=O) groups is 1. The average molecular weight is 192 g/mol. The summed E-state index contributed by atoms with van der Waals surface area (Å²) in [5, 5.41) is 19.9. The lowest BCUT2D eigenvalue weighted by Crippen LogP contribution is -2.20. The van der Waals surface area contributed by atoms with Crippen LogP contribution < -0.4 is 5.32 Å². The van der Waals surface area contributed by atoms with Crippen molar-refractivity contribution in [1.82, 2.24) is 5.32 Å². The summed E-state index contributed by atoms with van der Waals surface area (Å²) in [4.78, 5) is 23.7. The smallest absolute Gasteiger partial charge is 0.304 e. The minimum atomic E-state index is -0.867. The monoisotopic (exact) mass is 192 g/mol. The molecule has 0 aliphatic rings. The summed E-state index contributed by atoms with van der Waals surface area (Å²) < 4.78 is 0. The Morgan fingerprint density at radius 1 is 1.54 bits per heavy atom. The molecule has 0 amide bonds. The van der Waals surface area contributed by atoms with Crippen molar-refractivity contribution in [3.63, 3.8) is 0 Å². The molecule has 0 aromatic rings. The van der Waals surface area contributed by atoms with E-state index in [0.717, 1.165) is 0 Å². The normalized spacial score (nSPS) is 9.54. The fourth-order valence-electron chi connectivity index (χ4n) is 0.657. The van der Waals surface area contributed by atoms with Crippen LogP contribution in [0.25, 0.3) is 0 Å². The number of carboxylic acids is 1. The van der Waals surface area contributed by atoms with E-state index in [2.05, 4.69) is 10.2 Å². The SMILES string of the molecule is O=C(O)CCNCCCO[N+](=O)[O-]. The Hall–Kier alpha value is -1.37. The second kappa shape index (κ2) is 7.29. The summed E-state index contributed by atoms with van der Waals surface area (Å²) in [6.45, 7) is 0.919. The minimum Gasteiger partial charge on any atom is -0.481 e. The summed E-state index contributed by atoms with van der Waals surface area (Å²) >= 11 is 0. The Kier molecular flexibility index (Phi) is 6.52. The summed E-state index contributed by atoms with van der Waals surface area (Å²) in [5.41, 5.74) is 0. The van der Waals surface area contributed by atoms with Crippen LogP contribution in [0.5, 0.6) is 0 Å². The third kappa shape index (κ3) is 10.6. The van der Waals surface area contributed by atoms with Gasteiger partial charge in [-0.3, -0.25) is 4.79 Å². The van der Waals surface area contributed by atoms with Crippen LogP contribution in [0.2, 0.25) is 0 Å². The zero-order valence-electron chi connectivity index (χ0n) is 7.06. The second-order valence-corrected chi connectivity index (χ2v) is 2.30. The van der Waals surface area contributed by atoms with Crippen molar-refractivity contribution in [3.05, 3.63) is 10.1 Å². The number of carboxylic acid groups (broad SMARTS) is 1. The van der Waals surface area contributed by atoms with Crippen molar-refractivity contribution in [2.24, 2.45) is 0 Å². The highest BCUT2D eigenvalue weighted by Crippen LogP contribution is 1.81. The predicted octanol–water partition coefficient (Wildman–Crippen LogP) is -0.351. The van der Waals surface area contributed by atoms with E-state index >= 15 is 0 Å². The predicted molar refractivity (Wildman–Crippen MR) is 42.7 cm³/mol. The maximum atomic E-state index is 10.0. The highest BCUT2D eigenvalue weighted by Gasteiger charge is 1.96. The molecule has 0 heterocycles. The van der Waals surface area contributed by atoms with Crippen LogP contribution in [0.4, 0.5) is 0 Å². The molecule has 0 aromatic heterocycles. The van der Waals surface area contributed by atoms with Crippen molar-refractivity contribution in [2.75, 3.05) is 19.7 Å². The van der Waals surface area contributed by atoms with Gasteiger partial charge in [-0.25, -0.2) is 0 Å². The molecule has 0 aromatic carbocycles. The van der Waals surface area contributed by atoms with Crippen molar-refractivity contribution < 1.29 is 19.8 Å². The van der Waals surface area contributed by atoms with E-state index in [-0.39, 0.29) is 13.0 Å².